The van der Waals surface area contributed by atoms with Crippen molar-refractivity contribution >= 4 is 41.0 Å². The van der Waals surface area contributed by atoms with Crippen LogP contribution in [0, 0.1) is 0 Å². The normalized spacial score (nSPS) is 20.0. The standard InChI is InChI=1S/C8H7Cl2N5O2/c9-6-13-7(10)15-8(14-6)11-3-1-2-4(16)12-5(3)17/h3H,1-2H2,(H,12,16,17)(H,11,13,14,15). The second-order valence-electron chi connectivity index (χ2n) is 3.35. The number of aromatic nitrogens is 3. The third kappa shape index (κ3) is 3.01. The highest BCUT2D eigenvalue weighted by molar-refractivity contribution is 6.31. The van der Waals surface area contributed by atoms with Crippen LogP contribution in [0.5, 0.6) is 0 Å². The van der Waals surface area contributed by atoms with E-state index >= 15 is 0 Å². The van der Waals surface area contributed by atoms with Crippen LogP contribution >= 0.6 is 23.2 Å². The molecule has 2 rings (SSSR count). The van der Waals surface area contributed by atoms with Gasteiger partial charge >= 0.3 is 0 Å². The van der Waals surface area contributed by atoms with Crippen molar-refractivity contribution in [1.82, 2.24) is 20.3 Å². The Balaban J connectivity index is 2.10. The molecule has 17 heavy (non-hydrogen) atoms. The maximum Gasteiger partial charge on any atom is 0.249 e. The zero-order valence-corrected chi connectivity index (χ0v) is 9.92. The van der Waals surface area contributed by atoms with E-state index in [9.17, 15) is 9.59 Å². The molecule has 9 heteroatoms. The molecule has 2 amide bonds. The van der Waals surface area contributed by atoms with Crippen LogP contribution in [0.4, 0.5) is 5.95 Å². The number of imide groups is 1. The molecule has 0 saturated carbocycles. The van der Waals surface area contributed by atoms with Gasteiger partial charge in [0.05, 0.1) is 0 Å². The first-order chi connectivity index (χ1) is 8.04. The lowest BCUT2D eigenvalue weighted by molar-refractivity contribution is -0.133. The van der Waals surface area contributed by atoms with Crippen molar-refractivity contribution in [2.75, 3.05) is 5.32 Å². The van der Waals surface area contributed by atoms with Crippen LogP contribution in [0.3, 0.4) is 0 Å². The Hall–Kier alpha value is -1.47. The maximum atomic E-state index is 11.4. The number of carbonyl (C=O) groups is 2. The van der Waals surface area contributed by atoms with Crippen molar-refractivity contribution in [1.29, 1.82) is 0 Å². The van der Waals surface area contributed by atoms with Gasteiger partial charge in [0.25, 0.3) is 0 Å². The molecule has 1 fully saturated rings. The first kappa shape index (κ1) is 12.0. The molecule has 1 saturated heterocycles. The van der Waals surface area contributed by atoms with Crippen molar-refractivity contribution in [3.63, 3.8) is 0 Å². The van der Waals surface area contributed by atoms with E-state index in [4.69, 9.17) is 23.2 Å². The molecule has 0 bridgehead atoms. The molecule has 2 N–H and O–H groups in total. The van der Waals surface area contributed by atoms with E-state index in [2.05, 4.69) is 25.6 Å². The molecule has 1 aliphatic heterocycles. The Bertz CT molecular complexity index is 461. The van der Waals surface area contributed by atoms with Crippen LogP contribution in [-0.4, -0.2) is 32.8 Å². The molecule has 0 aromatic carbocycles. The summed E-state index contributed by atoms with van der Waals surface area (Å²) in [5, 5.41) is 4.80. The number of carbonyl (C=O) groups excluding carboxylic acids is 2. The summed E-state index contributed by atoms with van der Waals surface area (Å²) in [6, 6.07) is -0.581. The quantitative estimate of drug-likeness (QED) is 0.759. The molecule has 1 aliphatic rings. The predicted molar refractivity (Wildman–Crippen MR) is 59.6 cm³/mol. The Morgan fingerprint density at radius 3 is 2.41 bits per heavy atom. The molecule has 1 aromatic rings. The molecule has 7 nitrogen and oxygen atoms in total. The van der Waals surface area contributed by atoms with Crippen LogP contribution in [0.2, 0.25) is 10.6 Å². The zero-order chi connectivity index (χ0) is 12.4. The van der Waals surface area contributed by atoms with Gasteiger partial charge in [-0.05, 0) is 29.6 Å². The van der Waals surface area contributed by atoms with Crippen molar-refractivity contribution < 1.29 is 9.59 Å². The fourth-order valence-corrected chi connectivity index (χ4v) is 1.74. The summed E-state index contributed by atoms with van der Waals surface area (Å²) in [5.41, 5.74) is 0. The SMILES string of the molecule is O=C1CCC(Nc2nc(Cl)nc(Cl)n2)C(=O)N1. The fourth-order valence-electron chi connectivity index (χ4n) is 1.38. The number of nitrogens with one attached hydrogen (secondary N) is 2. The molecule has 0 radical (unpaired) electrons. The molecule has 90 valence electrons. The largest absolute Gasteiger partial charge is 0.342 e. The molecule has 1 atom stereocenters. The predicted octanol–water partition coefficient (Wildman–Crippen LogP) is 0.395. The van der Waals surface area contributed by atoms with Crippen LogP contribution in [-0.2, 0) is 9.59 Å². The summed E-state index contributed by atoms with van der Waals surface area (Å²) in [7, 11) is 0. The van der Waals surface area contributed by atoms with Gasteiger partial charge in [0.15, 0.2) is 0 Å². The average molecular weight is 276 g/mol. The summed E-state index contributed by atoms with van der Waals surface area (Å²) in [5.74, 6) is -0.613. The topological polar surface area (TPSA) is 96.9 Å². The fraction of sp³-hybridized carbons (Fsp3) is 0.375. The minimum absolute atomic E-state index is 0.0696. The van der Waals surface area contributed by atoms with E-state index in [0.29, 0.717) is 6.42 Å². The summed E-state index contributed by atoms with van der Waals surface area (Å²) in [6.45, 7) is 0. The number of rotatable bonds is 2. The smallest absolute Gasteiger partial charge is 0.249 e. The summed E-state index contributed by atoms with van der Waals surface area (Å²) >= 11 is 11.2. The molecular formula is C8H7Cl2N5O2. The average Bonchev–Trinajstić information content (AvgIpc) is 2.21. The number of halogens is 2. The van der Waals surface area contributed by atoms with Crippen molar-refractivity contribution in [2.45, 2.75) is 18.9 Å². The van der Waals surface area contributed by atoms with Crippen molar-refractivity contribution in [2.24, 2.45) is 0 Å². The maximum absolute atomic E-state index is 11.4. The van der Waals surface area contributed by atoms with E-state index in [1.165, 1.54) is 0 Å². The number of hydrogen-bond donors (Lipinski definition) is 2. The molecule has 0 aliphatic carbocycles. The first-order valence-corrected chi connectivity index (χ1v) is 5.47. The van der Waals surface area contributed by atoms with Crippen LogP contribution in [0.25, 0.3) is 0 Å². The highest BCUT2D eigenvalue weighted by Crippen LogP contribution is 2.13. The van der Waals surface area contributed by atoms with E-state index in [1.807, 2.05) is 0 Å². The summed E-state index contributed by atoms with van der Waals surface area (Å²) < 4.78 is 0. The second kappa shape index (κ2) is 4.80. The van der Waals surface area contributed by atoms with Crippen LogP contribution in [0.15, 0.2) is 0 Å². The highest BCUT2D eigenvalue weighted by atomic mass is 35.5. The Labute approximate surface area is 106 Å². The third-order valence-electron chi connectivity index (χ3n) is 2.12. The summed E-state index contributed by atoms with van der Waals surface area (Å²) in [6.07, 6.45) is 0.627. The van der Waals surface area contributed by atoms with Gasteiger partial charge in [-0.3, -0.25) is 14.9 Å². The van der Waals surface area contributed by atoms with Gasteiger partial charge in [0.2, 0.25) is 28.3 Å². The zero-order valence-electron chi connectivity index (χ0n) is 8.41. The van der Waals surface area contributed by atoms with Gasteiger partial charge in [-0.2, -0.15) is 15.0 Å². The second-order valence-corrected chi connectivity index (χ2v) is 4.02. The van der Waals surface area contributed by atoms with Gasteiger partial charge in [-0.1, -0.05) is 0 Å². The lowest BCUT2D eigenvalue weighted by atomic mass is 10.1. The number of piperidine rings is 1. The summed E-state index contributed by atoms with van der Waals surface area (Å²) in [4.78, 5) is 33.5. The molecule has 1 unspecified atom stereocenters. The van der Waals surface area contributed by atoms with Gasteiger partial charge in [0, 0.05) is 6.42 Å². The third-order valence-corrected chi connectivity index (χ3v) is 2.46. The molecule has 2 heterocycles. The van der Waals surface area contributed by atoms with E-state index in [0.717, 1.165) is 0 Å². The van der Waals surface area contributed by atoms with Gasteiger partial charge < -0.3 is 5.32 Å². The van der Waals surface area contributed by atoms with Crippen molar-refractivity contribution in [3.05, 3.63) is 10.6 Å². The molecule has 1 aromatic heterocycles. The van der Waals surface area contributed by atoms with Gasteiger partial charge in [0.1, 0.15) is 6.04 Å². The van der Waals surface area contributed by atoms with Crippen LogP contribution < -0.4 is 10.6 Å². The van der Waals surface area contributed by atoms with Crippen LogP contribution in [0.1, 0.15) is 12.8 Å². The monoisotopic (exact) mass is 275 g/mol. The van der Waals surface area contributed by atoms with E-state index in [-0.39, 0.29) is 28.8 Å². The molecular weight excluding hydrogens is 269 g/mol. The number of amides is 2. The Morgan fingerprint density at radius 1 is 1.18 bits per heavy atom. The Kier molecular flexibility index (Phi) is 3.39. The highest BCUT2D eigenvalue weighted by Gasteiger charge is 2.27. The number of nitrogens with zero attached hydrogens (tertiary/aromatic N) is 3. The van der Waals surface area contributed by atoms with E-state index < -0.39 is 11.9 Å². The number of hydrogen-bond acceptors (Lipinski definition) is 6. The first-order valence-electron chi connectivity index (χ1n) is 4.72. The molecule has 0 spiro atoms. The van der Waals surface area contributed by atoms with Gasteiger partial charge in [-0.15, -0.1) is 0 Å². The lowest BCUT2D eigenvalue weighted by Gasteiger charge is -2.21. The van der Waals surface area contributed by atoms with Crippen molar-refractivity contribution in [3.8, 4) is 0 Å². The van der Waals surface area contributed by atoms with E-state index in [1.54, 1.807) is 0 Å². The number of anilines is 1. The minimum Gasteiger partial charge on any atom is -0.342 e. The van der Waals surface area contributed by atoms with Gasteiger partial charge in [-0.25, -0.2) is 0 Å². The lowest BCUT2D eigenvalue weighted by Crippen LogP contribution is -2.47. The minimum atomic E-state index is -0.581. The Morgan fingerprint density at radius 2 is 1.82 bits per heavy atom.